The number of ether oxygens (including phenoxy) is 2. The van der Waals surface area contributed by atoms with Gasteiger partial charge in [0.1, 0.15) is 17.8 Å². The van der Waals surface area contributed by atoms with Crippen LogP contribution in [-0.4, -0.2) is 96.1 Å². The Morgan fingerprint density at radius 1 is 1.18 bits per heavy atom. The SMILES string of the molecule is CC(C)(C)C.CN=C(N)N(C(=O)c1ccc(-c2cnn(C(F)F)c2)cc1)C(COC)c1ccc(Cl)c(C(N)=NC=N)c1.O=CN1CC2(CCO2)C1. The van der Waals surface area contributed by atoms with Crippen molar-refractivity contribution in [3.05, 3.63) is 76.6 Å². The lowest BCUT2D eigenvalue weighted by Gasteiger charge is -2.53. The second kappa shape index (κ2) is 18.0. The van der Waals surface area contributed by atoms with E-state index in [1.54, 1.807) is 47.4 Å². The topological polar surface area (TPSA) is 178 Å². The summed E-state index contributed by atoms with van der Waals surface area (Å²) in [6, 6.07) is 10.6. The van der Waals surface area contributed by atoms with Gasteiger partial charge < -0.3 is 25.8 Å². The van der Waals surface area contributed by atoms with Crippen LogP contribution in [0.5, 0.6) is 0 Å². The molecule has 2 aromatic carbocycles. The van der Waals surface area contributed by atoms with Crippen LogP contribution < -0.4 is 11.5 Å². The molecular formula is C35H46ClF2N9O4. The predicted molar refractivity (Wildman–Crippen MR) is 194 cm³/mol. The van der Waals surface area contributed by atoms with Gasteiger partial charge in [-0.05, 0) is 40.8 Å². The van der Waals surface area contributed by atoms with E-state index in [1.165, 1.54) is 31.5 Å². The lowest BCUT2D eigenvalue weighted by atomic mass is 9.87. The number of likely N-dealkylation sites (tertiary alicyclic amines) is 1. The molecule has 3 aromatic rings. The van der Waals surface area contributed by atoms with E-state index in [0.717, 1.165) is 38.9 Å². The minimum Gasteiger partial charge on any atom is -0.383 e. The Morgan fingerprint density at radius 2 is 1.80 bits per heavy atom. The summed E-state index contributed by atoms with van der Waals surface area (Å²) in [4.78, 5) is 34.5. The van der Waals surface area contributed by atoms with Gasteiger partial charge in [0, 0.05) is 43.5 Å². The second-order valence-electron chi connectivity index (χ2n) is 13.5. The summed E-state index contributed by atoms with van der Waals surface area (Å²) in [5.74, 6) is -0.511. The fraction of sp³-hybridized carbons (Fsp3) is 0.429. The van der Waals surface area contributed by atoms with Gasteiger partial charge in [-0.25, -0.2) is 9.67 Å². The van der Waals surface area contributed by atoms with Crippen molar-refractivity contribution in [3.63, 3.8) is 0 Å². The Bertz CT molecular complexity index is 1690. The highest BCUT2D eigenvalue weighted by atomic mass is 35.5. The van der Waals surface area contributed by atoms with Crippen molar-refractivity contribution in [2.75, 3.05) is 40.5 Å². The fourth-order valence-electron chi connectivity index (χ4n) is 5.02. The number of nitrogens with two attached hydrogens (primary N) is 2. The summed E-state index contributed by atoms with van der Waals surface area (Å²) in [6.45, 7) is 8.56. The van der Waals surface area contributed by atoms with Crippen LogP contribution in [0, 0.1) is 10.8 Å². The Kier molecular flexibility index (Phi) is 14.3. The van der Waals surface area contributed by atoms with Crippen LogP contribution in [0.15, 0.2) is 64.8 Å². The lowest BCUT2D eigenvalue weighted by Crippen LogP contribution is -2.67. The van der Waals surface area contributed by atoms with Crippen LogP contribution in [0.25, 0.3) is 11.1 Å². The quantitative estimate of drug-likeness (QED) is 0.143. The van der Waals surface area contributed by atoms with E-state index >= 15 is 0 Å². The van der Waals surface area contributed by atoms with Crippen LogP contribution in [0.4, 0.5) is 8.78 Å². The zero-order chi connectivity index (χ0) is 37.9. The van der Waals surface area contributed by atoms with Gasteiger partial charge in [0.2, 0.25) is 6.41 Å². The maximum Gasteiger partial charge on any atom is 0.333 e. The first-order chi connectivity index (χ1) is 24.1. The van der Waals surface area contributed by atoms with E-state index in [2.05, 4.69) is 42.8 Å². The predicted octanol–water partition coefficient (Wildman–Crippen LogP) is 5.36. The number of nitrogens with one attached hydrogen (secondary N) is 1. The molecule has 16 heteroatoms. The summed E-state index contributed by atoms with van der Waals surface area (Å²) in [6.07, 6.45) is 5.35. The molecule has 51 heavy (non-hydrogen) atoms. The Hall–Kier alpha value is -4.73. The minimum absolute atomic E-state index is 0.0266. The molecular weight excluding hydrogens is 684 g/mol. The van der Waals surface area contributed by atoms with Crippen molar-refractivity contribution in [3.8, 4) is 11.1 Å². The smallest absolute Gasteiger partial charge is 0.333 e. The van der Waals surface area contributed by atoms with Gasteiger partial charge in [0.15, 0.2) is 5.96 Å². The molecule has 0 saturated carbocycles. The zero-order valence-corrected chi connectivity index (χ0v) is 30.4. The van der Waals surface area contributed by atoms with E-state index in [0.29, 0.717) is 37.4 Å². The molecule has 2 fully saturated rings. The molecule has 3 heterocycles. The lowest BCUT2D eigenvalue weighted by molar-refractivity contribution is -0.216. The number of hydrogen-bond acceptors (Lipinski definition) is 7. The highest BCUT2D eigenvalue weighted by Crippen LogP contribution is 2.34. The van der Waals surface area contributed by atoms with E-state index in [4.69, 9.17) is 38.0 Å². The normalized spacial score (nSPS) is 15.8. The van der Waals surface area contributed by atoms with E-state index < -0.39 is 18.5 Å². The molecule has 0 aliphatic carbocycles. The van der Waals surface area contributed by atoms with Gasteiger partial charge in [0.25, 0.3) is 5.91 Å². The Balaban J connectivity index is 0.000000412. The fourth-order valence-corrected chi connectivity index (χ4v) is 5.24. The number of aliphatic imine (C=N–C) groups is 2. The number of carbonyl (C=O) groups excluding carboxylic acids is 2. The molecule has 2 amide bonds. The van der Waals surface area contributed by atoms with E-state index in [9.17, 15) is 18.4 Å². The van der Waals surface area contributed by atoms with Gasteiger partial charge in [-0.15, -0.1) is 0 Å². The van der Waals surface area contributed by atoms with Gasteiger partial charge in [-0.1, -0.05) is 57.5 Å². The van der Waals surface area contributed by atoms with Crippen LogP contribution in [-0.2, 0) is 14.3 Å². The van der Waals surface area contributed by atoms with Crippen molar-refractivity contribution in [2.45, 2.75) is 52.3 Å². The van der Waals surface area contributed by atoms with Crippen molar-refractivity contribution in [1.82, 2.24) is 19.6 Å². The molecule has 13 nitrogen and oxygen atoms in total. The number of nitrogens with zero attached hydrogens (tertiary/aromatic N) is 6. The monoisotopic (exact) mass is 729 g/mol. The number of guanidine groups is 1. The van der Waals surface area contributed by atoms with Crippen molar-refractivity contribution < 1.29 is 27.8 Å². The highest BCUT2D eigenvalue weighted by molar-refractivity contribution is 6.34. The first kappa shape index (κ1) is 40.7. The number of hydrogen-bond donors (Lipinski definition) is 3. The number of methoxy groups -OCH3 is 1. The van der Waals surface area contributed by atoms with Crippen LogP contribution in [0.3, 0.4) is 0 Å². The van der Waals surface area contributed by atoms with Gasteiger partial charge in [-0.2, -0.15) is 13.9 Å². The molecule has 1 spiro atoms. The molecule has 2 aliphatic heterocycles. The zero-order valence-electron chi connectivity index (χ0n) is 29.6. The number of amides is 2. The number of amidine groups is 1. The molecule has 0 bridgehead atoms. The molecule has 2 aliphatic rings. The van der Waals surface area contributed by atoms with Gasteiger partial charge >= 0.3 is 6.55 Å². The Morgan fingerprint density at radius 3 is 2.27 bits per heavy atom. The standard InChI is InChI=1S/C24H25ClF2N8O2.C6H9NO2.C5H12/c1-31-24(30)35(20(12-37-2)16-7-8-19(25)18(9-16)21(29)32-13-28)22(36)15-5-3-14(4-6-15)17-10-33-34(11-17)23(26)27;8-5-7-3-6(4-7)1-2-9-6;1-5(2,3)4/h3-11,13,20,23H,12H2,1-2H3,(H2,30,31)(H3,28,29,32);5H,1-4H2;1-4H3. The molecule has 276 valence electrons. The molecule has 5 N–H and O–H groups in total. The van der Waals surface area contributed by atoms with Crippen molar-refractivity contribution in [2.24, 2.45) is 26.9 Å². The molecule has 1 aromatic heterocycles. The first-order valence-corrected chi connectivity index (χ1v) is 16.4. The molecule has 5 rings (SSSR count). The third kappa shape index (κ3) is 11.1. The maximum absolute atomic E-state index is 13.7. The van der Waals surface area contributed by atoms with Crippen molar-refractivity contribution >= 4 is 42.1 Å². The summed E-state index contributed by atoms with van der Waals surface area (Å²) in [5.41, 5.74) is 15.0. The number of halogens is 3. The number of alkyl halides is 2. The second-order valence-corrected chi connectivity index (χ2v) is 13.9. The number of aromatic nitrogens is 2. The summed E-state index contributed by atoms with van der Waals surface area (Å²) in [5, 5.41) is 11.1. The third-order valence-electron chi connectivity index (χ3n) is 7.55. The number of carbonyl (C=O) groups is 2. The summed E-state index contributed by atoms with van der Waals surface area (Å²) in [7, 11) is 2.93. The van der Waals surface area contributed by atoms with Crippen LogP contribution in [0.1, 0.15) is 68.2 Å². The third-order valence-corrected chi connectivity index (χ3v) is 7.88. The molecule has 2 saturated heterocycles. The van der Waals surface area contributed by atoms with E-state index in [-0.39, 0.29) is 29.6 Å². The number of benzene rings is 2. The maximum atomic E-state index is 13.7. The van der Waals surface area contributed by atoms with Crippen molar-refractivity contribution in [1.29, 1.82) is 5.41 Å². The molecule has 0 radical (unpaired) electrons. The van der Waals surface area contributed by atoms with E-state index in [1.807, 2.05) is 0 Å². The van der Waals surface area contributed by atoms with Gasteiger partial charge in [0.05, 0.1) is 43.6 Å². The minimum atomic E-state index is -2.75. The average molecular weight is 730 g/mol. The average Bonchev–Trinajstić information content (AvgIpc) is 3.54. The van der Waals surface area contributed by atoms with Crippen LogP contribution >= 0.6 is 11.6 Å². The van der Waals surface area contributed by atoms with Gasteiger partial charge in [-0.3, -0.25) is 24.9 Å². The summed E-state index contributed by atoms with van der Waals surface area (Å²) >= 11 is 6.28. The Labute approximate surface area is 301 Å². The van der Waals surface area contributed by atoms with Crippen LogP contribution in [0.2, 0.25) is 5.02 Å². The summed E-state index contributed by atoms with van der Waals surface area (Å²) < 4.78 is 36.9. The largest absolute Gasteiger partial charge is 0.383 e. The molecule has 1 unspecified atom stereocenters. The molecule has 1 atom stereocenters. The number of rotatable bonds is 10. The highest BCUT2D eigenvalue weighted by Gasteiger charge is 2.48. The first-order valence-electron chi connectivity index (χ1n) is 16.0.